The highest BCUT2D eigenvalue weighted by molar-refractivity contribution is 6.11. The van der Waals surface area contributed by atoms with Crippen molar-refractivity contribution in [3.8, 4) is 23.0 Å². The molecular weight excluding hydrogens is 504 g/mol. The number of hydrogen-bond acceptors (Lipinski definition) is 11. The van der Waals surface area contributed by atoms with E-state index < -0.39 is 75.8 Å². The first-order valence-corrected chi connectivity index (χ1v) is 11.2. The molecular formula is C26H26O12. The second kappa shape index (κ2) is 9.91. The number of aliphatic carboxylic acids is 1. The molecule has 1 fully saturated rings. The van der Waals surface area contributed by atoms with Crippen LogP contribution in [0.15, 0.2) is 48.6 Å². The highest BCUT2D eigenvalue weighted by Crippen LogP contribution is 2.47. The van der Waals surface area contributed by atoms with Crippen LogP contribution in [0.2, 0.25) is 0 Å². The first kappa shape index (κ1) is 28.3. The molecule has 0 heterocycles. The summed E-state index contributed by atoms with van der Waals surface area (Å²) in [5.74, 6) is -8.54. The number of phenols is 4. The molecule has 3 rings (SSSR count). The number of carboxylic acid groups (broad SMARTS) is 1. The molecule has 1 saturated carbocycles. The largest absolute Gasteiger partial charge is 0.504 e. The Morgan fingerprint density at radius 2 is 1.24 bits per heavy atom. The van der Waals surface area contributed by atoms with Gasteiger partial charge in [-0.3, -0.25) is 9.59 Å². The molecule has 0 bridgehead atoms. The first-order chi connectivity index (χ1) is 17.6. The standard InChI is InChI=1S/C26H26O12/c1-13-22(33)26(38,21(32)9-5-15-3-7-17(28)19(30)11-15)25(37,12-24(13,36)23(34)35)20(31)8-4-14-2-6-16(27)18(29)10-14/h2-11,13,22,27-30,33,36-38H,12H2,1H3,(H,34,35)/b8-4+,9-5+/t13?,22-,24?,25+,26?/m1/s1. The summed E-state index contributed by atoms with van der Waals surface area (Å²) >= 11 is 0. The highest BCUT2D eigenvalue weighted by atomic mass is 16.4. The zero-order valence-electron chi connectivity index (χ0n) is 19.9. The van der Waals surface area contributed by atoms with Gasteiger partial charge in [0.2, 0.25) is 0 Å². The molecule has 0 spiro atoms. The van der Waals surface area contributed by atoms with Crippen molar-refractivity contribution in [2.75, 3.05) is 0 Å². The second-order valence-electron chi connectivity index (χ2n) is 9.16. The van der Waals surface area contributed by atoms with Gasteiger partial charge in [-0.1, -0.05) is 31.2 Å². The van der Waals surface area contributed by atoms with Crippen LogP contribution in [0.4, 0.5) is 0 Å². The second-order valence-corrected chi connectivity index (χ2v) is 9.16. The summed E-state index contributed by atoms with van der Waals surface area (Å²) in [6.07, 6.45) is -0.460. The Bertz CT molecular complexity index is 1350. The van der Waals surface area contributed by atoms with Gasteiger partial charge in [0.15, 0.2) is 51.4 Å². The number of aromatic hydroxyl groups is 4. The summed E-state index contributed by atoms with van der Waals surface area (Å²) in [5.41, 5.74) is -9.38. The third-order valence-electron chi connectivity index (χ3n) is 6.82. The van der Waals surface area contributed by atoms with Gasteiger partial charge in [-0.2, -0.15) is 0 Å². The molecule has 3 unspecified atom stereocenters. The van der Waals surface area contributed by atoms with Gasteiger partial charge >= 0.3 is 5.97 Å². The lowest BCUT2D eigenvalue weighted by Crippen LogP contribution is -2.78. The van der Waals surface area contributed by atoms with Crippen LogP contribution in [0.25, 0.3) is 12.2 Å². The van der Waals surface area contributed by atoms with Crippen molar-refractivity contribution in [2.24, 2.45) is 5.92 Å². The molecule has 38 heavy (non-hydrogen) atoms. The lowest BCUT2D eigenvalue weighted by atomic mass is 9.57. The van der Waals surface area contributed by atoms with Crippen molar-refractivity contribution in [2.45, 2.75) is 36.3 Å². The Hall–Kier alpha value is -4.23. The van der Waals surface area contributed by atoms with Crippen LogP contribution in [-0.4, -0.2) is 86.4 Å². The van der Waals surface area contributed by atoms with Crippen LogP contribution in [-0.2, 0) is 14.4 Å². The topological polar surface area (TPSA) is 233 Å². The monoisotopic (exact) mass is 530 g/mol. The van der Waals surface area contributed by atoms with Gasteiger partial charge in [0.05, 0.1) is 6.10 Å². The van der Waals surface area contributed by atoms with E-state index in [1.54, 1.807) is 0 Å². The Balaban J connectivity index is 2.09. The van der Waals surface area contributed by atoms with Crippen LogP contribution in [0.3, 0.4) is 0 Å². The third-order valence-corrected chi connectivity index (χ3v) is 6.82. The summed E-state index contributed by atoms with van der Waals surface area (Å²) in [7, 11) is 0. The van der Waals surface area contributed by atoms with Crippen LogP contribution >= 0.6 is 0 Å². The molecule has 0 amide bonds. The van der Waals surface area contributed by atoms with Gasteiger partial charge < -0.3 is 46.0 Å². The molecule has 12 nitrogen and oxygen atoms in total. The molecule has 1 aliphatic rings. The Morgan fingerprint density at radius 1 is 0.789 bits per heavy atom. The minimum atomic E-state index is -3.36. The maximum Gasteiger partial charge on any atom is 0.336 e. The number of aliphatic hydroxyl groups is 4. The van der Waals surface area contributed by atoms with Crippen LogP contribution in [0.1, 0.15) is 24.5 Å². The Kier molecular flexibility index (Phi) is 7.39. The number of aliphatic hydroxyl groups excluding tert-OH is 1. The van der Waals surface area contributed by atoms with Gasteiger partial charge in [0.1, 0.15) is 0 Å². The van der Waals surface area contributed by atoms with E-state index in [0.29, 0.717) is 12.2 Å². The highest BCUT2D eigenvalue weighted by Gasteiger charge is 2.72. The summed E-state index contributed by atoms with van der Waals surface area (Å²) < 4.78 is 0. The van der Waals surface area contributed by atoms with Crippen molar-refractivity contribution in [3.05, 3.63) is 59.7 Å². The van der Waals surface area contributed by atoms with E-state index in [-0.39, 0.29) is 11.1 Å². The molecule has 0 aliphatic heterocycles. The number of hydrogen-bond donors (Lipinski definition) is 9. The molecule has 0 radical (unpaired) electrons. The molecule has 1 aliphatic carbocycles. The molecule has 9 N–H and O–H groups in total. The minimum Gasteiger partial charge on any atom is -0.504 e. The summed E-state index contributed by atoms with van der Waals surface area (Å²) in [4.78, 5) is 38.3. The molecule has 12 heteroatoms. The fraction of sp³-hybridized carbons (Fsp3) is 0.269. The van der Waals surface area contributed by atoms with E-state index in [1.807, 2.05) is 0 Å². The maximum atomic E-state index is 13.2. The van der Waals surface area contributed by atoms with Crippen molar-refractivity contribution in [3.63, 3.8) is 0 Å². The first-order valence-electron chi connectivity index (χ1n) is 11.2. The van der Waals surface area contributed by atoms with E-state index >= 15 is 0 Å². The molecule has 202 valence electrons. The molecule has 2 aromatic rings. The zero-order valence-corrected chi connectivity index (χ0v) is 19.9. The van der Waals surface area contributed by atoms with Gasteiger partial charge in [-0.15, -0.1) is 0 Å². The van der Waals surface area contributed by atoms with E-state index in [2.05, 4.69) is 0 Å². The number of carboxylic acids is 1. The van der Waals surface area contributed by atoms with Gasteiger partial charge in [0, 0.05) is 12.3 Å². The van der Waals surface area contributed by atoms with Gasteiger partial charge in [0.25, 0.3) is 0 Å². The molecule has 0 saturated heterocycles. The Morgan fingerprint density at radius 3 is 1.66 bits per heavy atom. The smallest absolute Gasteiger partial charge is 0.336 e. The predicted octanol–water partition coefficient (Wildman–Crippen LogP) is 0.0524. The average Bonchev–Trinajstić information content (AvgIpc) is 2.87. The lowest BCUT2D eigenvalue weighted by Gasteiger charge is -2.53. The van der Waals surface area contributed by atoms with Crippen molar-refractivity contribution in [1.82, 2.24) is 0 Å². The van der Waals surface area contributed by atoms with Crippen molar-refractivity contribution in [1.29, 1.82) is 0 Å². The lowest BCUT2D eigenvalue weighted by molar-refractivity contribution is -0.260. The number of carbonyl (C=O) groups is 3. The van der Waals surface area contributed by atoms with Gasteiger partial charge in [-0.25, -0.2) is 4.79 Å². The predicted molar refractivity (Wildman–Crippen MR) is 130 cm³/mol. The fourth-order valence-electron chi connectivity index (χ4n) is 4.35. The number of benzene rings is 2. The molecule has 2 aromatic carbocycles. The Labute approximate surface area is 215 Å². The van der Waals surface area contributed by atoms with E-state index in [1.165, 1.54) is 12.1 Å². The van der Waals surface area contributed by atoms with E-state index in [0.717, 1.165) is 43.3 Å². The number of rotatable bonds is 7. The van der Waals surface area contributed by atoms with E-state index in [4.69, 9.17) is 0 Å². The van der Waals surface area contributed by atoms with Crippen molar-refractivity contribution < 1.29 is 60.3 Å². The summed E-state index contributed by atoms with van der Waals surface area (Å²) in [5, 5.41) is 92.1. The maximum absolute atomic E-state index is 13.2. The summed E-state index contributed by atoms with van der Waals surface area (Å²) in [6, 6.07) is 6.83. The summed E-state index contributed by atoms with van der Waals surface area (Å²) in [6.45, 7) is 1.01. The quantitative estimate of drug-likeness (QED) is 0.171. The van der Waals surface area contributed by atoms with Crippen molar-refractivity contribution >= 4 is 29.7 Å². The number of ketones is 2. The van der Waals surface area contributed by atoms with Crippen LogP contribution < -0.4 is 0 Å². The van der Waals surface area contributed by atoms with Gasteiger partial charge in [-0.05, 0) is 47.5 Å². The fourth-order valence-corrected chi connectivity index (χ4v) is 4.35. The molecule has 0 aromatic heterocycles. The zero-order chi connectivity index (χ0) is 28.6. The number of phenolic OH excluding ortho intramolecular Hbond substituents is 4. The molecule has 5 atom stereocenters. The van der Waals surface area contributed by atoms with Crippen LogP contribution in [0.5, 0.6) is 23.0 Å². The minimum absolute atomic E-state index is 0.123. The normalized spacial score (nSPS) is 29.5. The van der Waals surface area contributed by atoms with E-state index in [9.17, 15) is 60.3 Å². The third kappa shape index (κ3) is 4.61. The SMILES string of the molecule is CC1[C@@H](O)C(O)(C(=O)/C=C/c2ccc(O)c(O)c2)[C@@](O)(C(=O)/C=C/c2ccc(O)c(O)c2)CC1(O)C(=O)O. The average molecular weight is 530 g/mol. The number of carbonyl (C=O) groups excluding carboxylic acids is 2. The van der Waals surface area contributed by atoms with Crippen LogP contribution in [0, 0.1) is 5.92 Å².